The second-order valence-electron chi connectivity index (χ2n) is 6.14. The molecular formula is C20H23N3O4. The lowest BCUT2D eigenvalue weighted by Gasteiger charge is -2.35. The number of hydrogen-bond donors (Lipinski definition) is 1. The number of nitrogens with zero attached hydrogens (tertiary/aromatic N) is 2. The molecule has 2 aromatic rings. The van der Waals surface area contributed by atoms with Crippen LogP contribution >= 0.6 is 0 Å². The minimum atomic E-state index is -0.657. The first-order chi connectivity index (χ1) is 13.1. The highest BCUT2D eigenvalue weighted by Crippen LogP contribution is 2.29. The molecule has 1 aliphatic rings. The number of rotatable bonds is 4. The number of anilines is 2. The van der Waals surface area contributed by atoms with Crippen molar-refractivity contribution >= 4 is 23.2 Å². The van der Waals surface area contributed by atoms with E-state index in [-0.39, 0.29) is 0 Å². The zero-order chi connectivity index (χ0) is 19.2. The summed E-state index contributed by atoms with van der Waals surface area (Å²) >= 11 is 0. The van der Waals surface area contributed by atoms with Crippen LogP contribution in [0.4, 0.5) is 11.4 Å². The van der Waals surface area contributed by atoms with Crippen LogP contribution in [0.5, 0.6) is 11.5 Å². The summed E-state index contributed by atoms with van der Waals surface area (Å²) in [5, 5.41) is 2.63. The lowest BCUT2D eigenvalue weighted by atomic mass is 10.2. The molecule has 0 aromatic heterocycles. The minimum absolute atomic E-state index is 0.480. The summed E-state index contributed by atoms with van der Waals surface area (Å²) in [7, 11) is 3.05. The fourth-order valence-electron chi connectivity index (χ4n) is 3.05. The van der Waals surface area contributed by atoms with E-state index in [0.717, 1.165) is 5.69 Å². The highest BCUT2D eigenvalue weighted by Gasteiger charge is 2.26. The smallest absolute Gasteiger partial charge is 0.313 e. The monoisotopic (exact) mass is 369 g/mol. The summed E-state index contributed by atoms with van der Waals surface area (Å²) in [4.78, 5) is 28.6. The van der Waals surface area contributed by atoms with Gasteiger partial charge in [-0.15, -0.1) is 0 Å². The summed E-state index contributed by atoms with van der Waals surface area (Å²) in [6.45, 7) is 2.40. The molecule has 27 heavy (non-hydrogen) atoms. The standard InChI is InChI=1S/C20H23N3O4/c1-26-17-9-8-15(14-18(17)27-2)21-19(24)20(25)23-12-10-22(11-13-23)16-6-4-3-5-7-16/h3-9,14H,10-13H2,1-2H3,(H,21,24). The third-order valence-electron chi connectivity index (χ3n) is 4.52. The van der Waals surface area contributed by atoms with E-state index < -0.39 is 11.8 Å². The second kappa shape index (κ2) is 8.44. The van der Waals surface area contributed by atoms with Crippen LogP contribution < -0.4 is 19.7 Å². The van der Waals surface area contributed by atoms with Crippen LogP contribution in [-0.2, 0) is 9.59 Å². The molecule has 0 atom stereocenters. The van der Waals surface area contributed by atoms with Crippen molar-refractivity contribution in [3.63, 3.8) is 0 Å². The molecule has 0 aliphatic carbocycles. The van der Waals surface area contributed by atoms with Crippen molar-refractivity contribution in [3.8, 4) is 11.5 Å². The lowest BCUT2D eigenvalue weighted by molar-refractivity contribution is -0.143. The molecule has 0 saturated carbocycles. The Labute approximate surface area is 158 Å². The highest BCUT2D eigenvalue weighted by molar-refractivity contribution is 6.39. The van der Waals surface area contributed by atoms with Gasteiger partial charge in [0.05, 0.1) is 14.2 Å². The van der Waals surface area contributed by atoms with E-state index in [0.29, 0.717) is 43.4 Å². The summed E-state index contributed by atoms with van der Waals surface area (Å²) < 4.78 is 10.4. The van der Waals surface area contributed by atoms with Crippen molar-refractivity contribution in [2.24, 2.45) is 0 Å². The molecule has 0 radical (unpaired) electrons. The number of amides is 2. The fraction of sp³-hybridized carbons (Fsp3) is 0.300. The van der Waals surface area contributed by atoms with Gasteiger partial charge in [0.25, 0.3) is 0 Å². The van der Waals surface area contributed by atoms with Crippen molar-refractivity contribution < 1.29 is 19.1 Å². The largest absolute Gasteiger partial charge is 0.493 e. The van der Waals surface area contributed by atoms with Crippen LogP contribution in [0.3, 0.4) is 0 Å². The van der Waals surface area contributed by atoms with Gasteiger partial charge in [0.2, 0.25) is 0 Å². The summed E-state index contributed by atoms with van der Waals surface area (Å²) in [6, 6.07) is 15.0. The van der Waals surface area contributed by atoms with Gasteiger partial charge in [-0.05, 0) is 24.3 Å². The molecule has 1 fully saturated rings. The third kappa shape index (κ3) is 4.31. The normalized spacial score (nSPS) is 13.9. The van der Waals surface area contributed by atoms with Gasteiger partial charge >= 0.3 is 11.8 Å². The first-order valence-corrected chi connectivity index (χ1v) is 8.74. The summed E-state index contributed by atoms with van der Waals surface area (Å²) in [5.74, 6) is -0.147. The molecule has 1 saturated heterocycles. The average molecular weight is 369 g/mol. The van der Waals surface area contributed by atoms with Crippen LogP contribution in [0, 0.1) is 0 Å². The van der Waals surface area contributed by atoms with Gasteiger partial charge in [0.1, 0.15) is 0 Å². The molecule has 2 amide bonds. The van der Waals surface area contributed by atoms with E-state index >= 15 is 0 Å². The number of ether oxygens (including phenoxy) is 2. The zero-order valence-electron chi connectivity index (χ0n) is 15.5. The van der Waals surface area contributed by atoms with Gasteiger partial charge in [-0.3, -0.25) is 9.59 Å². The second-order valence-corrected chi connectivity index (χ2v) is 6.14. The molecule has 1 N–H and O–H groups in total. The van der Waals surface area contributed by atoms with Crippen LogP contribution in [0.2, 0.25) is 0 Å². The zero-order valence-corrected chi connectivity index (χ0v) is 15.5. The van der Waals surface area contributed by atoms with E-state index in [1.54, 1.807) is 23.1 Å². The Kier molecular flexibility index (Phi) is 5.80. The first kappa shape index (κ1) is 18.6. The molecule has 3 rings (SSSR count). The van der Waals surface area contributed by atoms with Crippen LogP contribution in [0.25, 0.3) is 0 Å². The number of piperazine rings is 1. The van der Waals surface area contributed by atoms with Gasteiger partial charge in [0.15, 0.2) is 11.5 Å². The average Bonchev–Trinajstić information content (AvgIpc) is 2.73. The maximum Gasteiger partial charge on any atom is 0.313 e. The molecular weight excluding hydrogens is 346 g/mol. The Morgan fingerprint density at radius 1 is 0.889 bits per heavy atom. The predicted molar refractivity (Wildman–Crippen MR) is 103 cm³/mol. The molecule has 0 unspecified atom stereocenters. The first-order valence-electron chi connectivity index (χ1n) is 8.74. The number of para-hydroxylation sites is 1. The fourth-order valence-corrected chi connectivity index (χ4v) is 3.05. The van der Waals surface area contributed by atoms with Gasteiger partial charge in [-0.1, -0.05) is 18.2 Å². The van der Waals surface area contributed by atoms with Gasteiger partial charge in [-0.25, -0.2) is 0 Å². The molecule has 0 bridgehead atoms. The summed E-state index contributed by atoms with van der Waals surface area (Å²) in [6.07, 6.45) is 0. The molecule has 1 heterocycles. The molecule has 7 nitrogen and oxygen atoms in total. The number of carbonyl (C=O) groups excluding carboxylic acids is 2. The third-order valence-corrected chi connectivity index (χ3v) is 4.52. The SMILES string of the molecule is COc1ccc(NC(=O)C(=O)N2CCN(c3ccccc3)CC2)cc1OC. The van der Waals surface area contributed by atoms with Crippen molar-refractivity contribution in [1.82, 2.24) is 4.90 Å². The molecule has 1 aliphatic heterocycles. The Hall–Kier alpha value is -3.22. The molecule has 0 spiro atoms. The topological polar surface area (TPSA) is 71.1 Å². The van der Waals surface area contributed by atoms with E-state index in [4.69, 9.17) is 9.47 Å². The Bertz CT molecular complexity index is 802. The number of methoxy groups -OCH3 is 2. The van der Waals surface area contributed by atoms with E-state index in [2.05, 4.69) is 10.2 Å². The van der Waals surface area contributed by atoms with E-state index in [1.807, 2.05) is 30.3 Å². The Morgan fingerprint density at radius 2 is 1.56 bits per heavy atom. The quantitative estimate of drug-likeness (QED) is 0.835. The lowest BCUT2D eigenvalue weighted by Crippen LogP contribution is -2.51. The Morgan fingerprint density at radius 3 is 2.19 bits per heavy atom. The van der Waals surface area contributed by atoms with Gasteiger partial charge in [0, 0.05) is 43.6 Å². The van der Waals surface area contributed by atoms with Gasteiger partial charge in [-0.2, -0.15) is 0 Å². The highest BCUT2D eigenvalue weighted by atomic mass is 16.5. The summed E-state index contributed by atoms with van der Waals surface area (Å²) in [5.41, 5.74) is 1.60. The van der Waals surface area contributed by atoms with Crippen LogP contribution in [0.1, 0.15) is 0 Å². The molecule has 2 aromatic carbocycles. The van der Waals surface area contributed by atoms with Crippen molar-refractivity contribution in [2.45, 2.75) is 0 Å². The maximum atomic E-state index is 12.5. The number of benzene rings is 2. The Balaban J connectivity index is 1.58. The van der Waals surface area contributed by atoms with Crippen molar-refractivity contribution in [3.05, 3.63) is 48.5 Å². The number of carbonyl (C=O) groups is 2. The maximum absolute atomic E-state index is 12.5. The van der Waals surface area contributed by atoms with Crippen molar-refractivity contribution in [2.75, 3.05) is 50.6 Å². The van der Waals surface area contributed by atoms with Crippen molar-refractivity contribution in [1.29, 1.82) is 0 Å². The van der Waals surface area contributed by atoms with Crippen LogP contribution in [-0.4, -0.2) is 57.1 Å². The van der Waals surface area contributed by atoms with Gasteiger partial charge < -0.3 is 24.6 Å². The molecule has 142 valence electrons. The molecule has 7 heteroatoms. The van der Waals surface area contributed by atoms with E-state index in [1.165, 1.54) is 14.2 Å². The number of nitrogens with one attached hydrogen (secondary N) is 1. The van der Waals surface area contributed by atoms with Crippen LogP contribution in [0.15, 0.2) is 48.5 Å². The predicted octanol–water partition coefficient (Wildman–Crippen LogP) is 1.99. The number of hydrogen-bond acceptors (Lipinski definition) is 5. The minimum Gasteiger partial charge on any atom is -0.493 e. The van der Waals surface area contributed by atoms with E-state index in [9.17, 15) is 9.59 Å².